The van der Waals surface area contributed by atoms with E-state index in [4.69, 9.17) is 5.14 Å². The zero-order chi connectivity index (χ0) is 13.1. The van der Waals surface area contributed by atoms with Crippen molar-refractivity contribution in [3.8, 4) is 0 Å². The van der Waals surface area contributed by atoms with Crippen LogP contribution in [0, 0.1) is 0 Å². The quantitative estimate of drug-likeness (QED) is 0.844. The van der Waals surface area contributed by atoms with Gasteiger partial charge in [-0.1, -0.05) is 12.1 Å². The number of hydrogen-bond donors (Lipinski definition) is 1. The lowest BCUT2D eigenvalue weighted by Gasteiger charge is -2.09. The molecule has 1 aromatic carbocycles. The Morgan fingerprint density at radius 1 is 1.24 bits per heavy atom. The van der Waals surface area contributed by atoms with Gasteiger partial charge in [0.05, 0.1) is 4.90 Å². The summed E-state index contributed by atoms with van der Waals surface area (Å²) in [6, 6.07) is 6.24. The van der Waals surface area contributed by atoms with E-state index in [0.717, 1.165) is 5.56 Å². The van der Waals surface area contributed by atoms with Crippen molar-refractivity contribution in [3.05, 3.63) is 29.8 Å². The predicted octanol–water partition coefficient (Wildman–Crippen LogP) is 0.355. The van der Waals surface area contributed by atoms with E-state index in [1.807, 2.05) is 0 Å². The van der Waals surface area contributed by atoms with E-state index >= 15 is 0 Å². The molecular formula is C11H16N2O3S. The third kappa shape index (κ3) is 4.16. The van der Waals surface area contributed by atoms with Gasteiger partial charge in [0, 0.05) is 20.5 Å². The Bertz CT molecular complexity index is 492. The molecule has 1 amide bonds. The maximum absolute atomic E-state index is 11.4. The first-order valence-corrected chi connectivity index (χ1v) is 6.67. The monoisotopic (exact) mass is 256 g/mol. The largest absolute Gasteiger partial charge is 0.349 e. The lowest BCUT2D eigenvalue weighted by Crippen LogP contribution is -2.21. The molecule has 94 valence electrons. The van der Waals surface area contributed by atoms with Crippen molar-refractivity contribution in [3.63, 3.8) is 0 Å². The van der Waals surface area contributed by atoms with Crippen LogP contribution in [0.2, 0.25) is 0 Å². The summed E-state index contributed by atoms with van der Waals surface area (Å²) in [5.74, 6) is 0.0422. The van der Waals surface area contributed by atoms with Gasteiger partial charge in [-0.25, -0.2) is 13.6 Å². The van der Waals surface area contributed by atoms with Gasteiger partial charge in [0.25, 0.3) is 0 Å². The van der Waals surface area contributed by atoms with Gasteiger partial charge >= 0.3 is 0 Å². The summed E-state index contributed by atoms with van der Waals surface area (Å²) >= 11 is 0. The third-order valence-electron chi connectivity index (χ3n) is 2.38. The molecule has 0 aliphatic carbocycles. The number of primary sulfonamides is 1. The Kier molecular flexibility index (Phi) is 4.25. The highest BCUT2D eigenvalue weighted by Crippen LogP contribution is 2.10. The highest BCUT2D eigenvalue weighted by atomic mass is 32.2. The molecule has 0 spiro atoms. The molecule has 2 N–H and O–H groups in total. The molecule has 0 radical (unpaired) electrons. The Balaban J connectivity index is 2.67. The zero-order valence-corrected chi connectivity index (χ0v) is 10.7. The Morgan fingerprint density at radius 2 is 1.76 bits per heavy atom. The van der Waals surface area contributed by atoms with Gasteiger partial charge in [-0.3, -0.25) is 4.79 Å². The van der Waals surface area contributed by atoms with Crippen LogP contribution in [0.3, 0.4) is 0 Å². The molecule has 0 heterocycles. The maximum Gasteiger partial charge on any atom is 0.238 e. The fourth-order valence-electron chi connectivity index (χ4n) is 1.32. The number of nitrogens with two attached hydrogens (primary N) is 1. The molecule has 1 rings (SSSR count). The van der Waals surface area contributed by atoms with Crippen molar-refractivity contribution in [2.75, 3.05) is 14.1 Å². The van der Waals surface area contributed by atoms with E-state index in [9.17, 15) is 13.2 Å². The van der Waals surface area contributed by atoms with Gasteiger partial charge in [0.2, 0.25) is 15.9 Å². The number of sulfonamides is 1. The van der Waals surface area contributed by atoms with Gasteiger partial charge < -0.3 is 4.90 Å². The van der Waals surface area contributed by atoms with Crippen molar-refractivity contribution in [2.24, 2.45) is 5.14 Å². The molecule has 0 aliphatic heterocycles. The van der Waals surface area contributed by atoms with E-state index < -0.39 is 10.0 Å². The number of amides is 1. The average molecular weight is 256 g/mol. The lowest BCUT2D eigenvalue weighted by molar-refractivity contribution is -0.128. The molecule has 0 bridgehead atoms. The standard InChI is InChI=1S/C11H16N2O3S/c1-13(2)11(14)8-5-9-3-6-10(7-4-9)17(12,15)16/h3-4,6-7H,5,8H2,1-2H3,(H2,12,15,16). The Labute approximate surface area is 101 Å². The second-order valence-corrected chi connectivity index (χ2v) is 5.54. The van der Waals surface area contributed by atoms with E-state index in [2.05, 4.69) is 0 Å². The molecular weight excluding hydrogens is 240 g/mol. The number of aryl methyl sites for hydroxylation is 1. The van der Waals surface area contributed by atoms with Crippen molar-refractivity contribution >= 4 is 15.9 Å². The predicted molar refractivity (Wildman–Crippen MR) is 64.8 cm³/mol. The van der Waals surface area contributed by atoms with Crippen molar-refractivity contribution < 1.29 is 13.2 Å². The van der Waals surface area contributed by atoms with Gasteiger partial charge in [-0.15, -0.1) is 0 Å². The number of rotatable bonds is 4. The molecule has 0 unspecified atom stereocenters. The second-order valence-electron chi connectivity index (χ2n) is 3.98. The summed E-state index contributed by atoms with van der Waals surface area (Å²) in [7, 11) is -0.238. The number of nitrogens with zero attached hydrogens (tertiary/aromatic N) is 1. The van der Waals surface area contributed by atoms with E-state index in [-0.39, 0.29) is 10.8 Å². The van der Waals surface area contributed by atoms with Crippen LogP contribution in [0.4, 0.5) is 0 Å². The Hall–Kier alpha value is -1.40. The normalized spacial score (nSPS) is 11.2. The highest BCUT2D eigenvalue weighted by Gasteiger charge is 2.08. The smallest absolute Gasteiger partial charge is 0.238 e. The zero-order valence-electron chi connectivity index (χ0n) is 9.88. The minimum atomic E-state index is -3.64. The van der Waals surface area contributed by atoms with Crippen LogP contribution in [0.15, 0.2) is 29.2 Å². The maximum atomic E-state index is 11.4. The summed E-state index contributed by atoms with van der Waals surface area (Å²) in [4.78, 5) is 13.0. The molecule has 6 heteroatoms. The summed E-state index contributed by atoms with van der Waals surface area (Å²) in [5.41, 5.74) is 0.910. The van der Waals surface area contributed by atoms with Gasteiger partial charge in [-0.05, 0) is 24.1 Å². The number of benzene rings is 1. The number of carbonyl (C=O) groups is 1. The van der Waals surface area contributed by atoms with Crippen molar-refractivity contribution in [2.45, 2.75) is 17.7 Å². The summed E-state index contributed by atoms with van der Waals surface area (Å²) in [5, 5.41) is 4.98. The van der Waals surface area contributed by atoms with Crippen LogP contribution in [0.5, 0.6) is 0 Å². The van der Waals surface area contributed by atoms with E-state index in [1.54, 1.807) is 26.2 Å². The molecule has 0 fully saturated rings. The van der Waals surface area contributed by atoms with E-state index in [1.165, 1.54) is 17.0 Å². The minimum absolute atomic E-state index is 0.0422. The summed E-state index contributed by atoms with van der Waals surface area (Å²) in [6.07, 6.45) is 0.990. The van der Waals surface area contributed by atoms with Crippen LogP contribution in [-0.4, -0.2) is 33.3 Å². The van der Waals surface area contributed by atoms with Crippen LogP contribution in [-0.2, 0) is 21.2 Å². The second kappa shape index (κ2) is 5.29. The van der Waals surface area contributed by atoms with Gasteiger partial charge in [-0.2, -0.15) is 0 Å². The average Bonchev–Trinajstić information content (AvgIpc) is 2.25. The molecule has 0 saturated carbocycles. The van der Waals surface area contributed by atoms with Crippen LogP contribution < -0.4 is 5.14 Å². The first-order chi connectivity index (χ1) is 7.80. The number of carbonyl (C=O) groups excluding carboxylic acids is 1. The van der Waals surface area contributed by atoms with Crippen LogP contribution in [0.25, 0.3) is 0 Å². The van der Waals surface area contributed by atoms with Crippen LogP contribution >= 0.6 is 0 Å². The first kappa shape index (κ1) is 13.7. The van der Waals surface area contributed by atoms with Crippen molar-refractivity contribution in [1.29, 1.82) is 0 Å². The molecule has 0 atom stereocenters. The van der Waals surface area contributed by atoms with E-state index in [0.29, 0.717) is 12.8 Å². The van der Waals surface area contributed by atoms with Gasteiger partial charge in [0.15, 0.2) is 0 Å². The number of hydrogen-bond acceptors (Lipinski definition) is 3. The summed E-state index contributed by atoms with van der Waals surface area (Å²) < 4.78 is 22.0. The third-order valence-corrected chi connectivity index (χ3v) is 3.31. The Morgan fingerprint density at radius 3 is 2.18 bits per heavy atom. The SMILES string of the molecule is CN(C)C(=O)CCc1ccc(S(N)(=O)=O)cc1. The van der Waals surface area contributed by atoms with Gasteiger partial charge in [0.1, 0.15) is 0 Å². The fraction of sp³-hybridized carbons (Fsp3) is 0.364. The molecule has 0 saturated heterocycles. The topological polar surface area (TPSA) is 80.5 Å². The molecule has 5 nitrogen and oxygen atoms in total. The molecule has 0 aliphatic rings. The highest BCUT2D eigenvalue weighted by molar-refractivity contribution is 7.89. The molecule has 1 aromatic rings. The van der Waals surface area contributed by atoms with Crippen LogP contribution in [0.1, 0.15) is 12.0 Å². The fourth-order valence-corrected chi connectivity index (χ4v) is 1.84. The molecule has 17 heavy (non-hydrogen) atoms. The van der Waals surface area contributed by atoms with Crippen molar-refractivity contribution in [1.82, 2.24) is 4.90 Å². The lowest BCUT2D eigenvalue weighted by atomic mass is 10.1. The minimum Gasteiger partial charge on any atom is -0.349 e. The molecule has 0 aromatic heterocycles. The summed E-state index contributed by atoms with van der Waals surface area (Å²) in [6.45, 7) is 0. The first-order valence-electron chi connectivity index (χ1n) is 5.12.